The molecule has 1 fully saturated rings. The highest BCUT2D eigenvalue weighted by Gasteiger charge is 2.30. The van der Waals surface area contributed by atoms with Gasteiger partial charge in [-0.25, -0.2) is 9.37 Å². The Morgan fingerprint density at radius 1 is 1.45 bits per heavy atom. The van der Waals surface area contributed by atoms with E-state index in [0.29, 0.717) is 24.7 Å². The fourth-order valence-corrected chi connectivity index (χ4v) is 2.72. The first-order chi connectivity index (χ1) is 10.6. The predicted molar refractivity (Wildman–Crippen MR) is 78.9 cm³/mol. The zero-order valence-electron chi connectivity index (χ0n) is 12.3. The molecule has 0 saturated carbocycles. The minimum absolute atomic E-state index is 0.107. The number of nitrogens with one attached hydrogen (secondary N) is 2. The molecule has 0 aliphatic carbocycles. The summed E-state index contributed by atoms with van der Waals surface area (Å²) in [6.45, 7) is 2.96. The number of carbonyl (C=O) groups excluding carboxylic acids is 1. The van der Waals surface area contributed by atoms with Gasteiger partial charge in [-0.1, -0.05) is 12.1 Å². The SMILES string of the molecule is Cc1ncc(C(=O)NC[C@@H]2CCO[C@H]2c2ccc(F)cc2)[nH]1. The van der Waals surface area contributed by atoms with E-state index in [-0.39, 0.29) is 23.7 Å². The van der Waals surface area contributed by atoms with Crippen LogP contribution in [0.4, 0.5) is 4.39 Å². The van der Waals surface area contributed by atoms with Crippen molar-refractivity contribution < 1.29 is 13.9 Å². The number of aryl methyl sites for hydroxylation is 1. The van der Waals surface area contributed by atoms with Crippen LogP contribution in [0.25, 0.3) is 0 Å². The van der Waals surface area contributed by atoms with E-state index >= 15 is 0 Å². The van der Waals surface area contributed by atoms with Crippen molar-refractivity contribution in [3.05, 3.63) is 53.4 Å². The van der Waals surface area contributed by atoms with Gasteiger partial charge in [-0.2, -0.15) is 0 Å². The van der Waals surface area contributed by atoms with Gasteiger partial charge in [0.25, 0.3) is 5.91 Å². The second-order valence-electron chi connectivity index (χ2n) is 5.48. The van der Waals surface area contributed by atoms with E-state index in [1.165, 1.54) is 18.3 Å². The number of imidazole rings is 1. The lowest BCUT2D eigenvalue weighted by Gasteiger charge is -2.19. The number of halogens is 1. The summed E-state index contributed by atoms with van der Waals surface area (Å²) in [7, 11) is 0. The lowest BCUT2D eigenvalue weighted by molar-refractivity contribution is 0.0844. The molecule has 0 bridgehead atoms. The van der Waals surface area contributed by atoms with Crippen LogP contribution in [-0.2, 0) is 4.74 Å². The van der Waals surface area contributed by atoms with Crippen molar-refractivity contribution in [2.75, 3.05) is 13.2 Å². The maximum Gasteiger partial charge on any atom is 0.269 e. The van der Waals surface area contributed by atoms with Crippen LogP contribution in [0.3, 0.4) is 0 Å². The Morgan fingerprint density at radius 3 is 2.91 bits per heavy atom. The molecular formula is C16H18FN3O2. The molecule has 22 heavy (non-hydrogen) atoms. The van der Waals surface area contributed by atoms with Crippen LogP contribution < -0.4 is 5.32 Å². The van der Waals surface area contributed by atoms with Crippen LogP contribution in [0.5, 0.6) is 0 Å². The molecule has 3 rings (SSSR count). The number of hydrogen-bond acceptors (Lipinski definition) is 3. The van der Waals surface area contributed by atoms with E-state index in [1.54, 1.807) is 19.1 Å². The van der Waals surface area contributed by atoms with Crippen molar-refractivity contribution in [2.24, 2.45) is 5.92 Å². The minimum Gasteiger partial charge on any atom is -0.373 e. The Kier molecular flexibility index (Phi) is 4.20. The molecule has 1 saturated heterocycles. The second kappa shape index (κ2) is 6.27. The summed E-state index contributed by atoms with van der Waals surface area (Å²) < 4.78 is 18.7. The molecule has 2 heterocycles. The van der Waals surface area contributed by atoms with Gasteiger partial charge in [-0.15, -0.1) is 0 Å². The number of ether oxygens (including phenoxy) is 1. The summed E-state index contributed by atoms with van der Waals surface area (Å²) in [6.07, 6.45) is 2.28. The molecule has 116 valence electrons. The summed E-state index contributed by atoms with van der Waals surface area (Å²) in [5, 5.41) is 2.90. The molecule has 1 aliphatic rings. The van der Waals surface area contributed by atoms with Crippen LogP contribution >= 0.6 is 0 Å². The Balaban J connectivity index is 1.61. The van der Waals surface area contributed by atoms with Crippen molar-refractivity contribution in [1.29, 1.82) is 0 Å². The van der Waals surface area contributed by atoms with Gasteiger partial charge in [0, 0.05) is 19.1 Å². The van der Waals surface area contributed by atoms with Gasteiger partial charge in [0.05, 0.1) is 12.3 Å². The first-order valence-corrected chi connectivity index (χ1v) is 7.30. The number of hydrogen-bond donors (Lipinski definition) is 2. The number of benzene rings is 1. The van der Waals surface area contributed by atoms with Crippen molar-refractivity contribution in [3.63, 3.8) is 0 Å². The molecule has 1 amide bonds. The number of nitrogens with zero attached hydrogens (tertiary/aromatic N) is 1. The van der Waals surface area contributed by atoms with E-state index in [1.807, 2.05) is 0 Å². The highest BCUT2D eigenvalue weighted by Crippen LogP contribution is 2.34. The molecule has 1 aromatic heterocycles. The fraction of sp³-hybridized carbons (Fsp3) is 0.375. The zero-order valence-corrected chi connectivity index (χ0v) is 12.3. The molecule has 2 N–H and O–H groups in total. The monoisotopic (exact) mass is 303 g/mol. The van der Waals surface area contributed by atoms with Crippen molar-refractivity contribution in [1.82, 2.24) is 15.3 Å². The van der Waals surface area contributed by atoms with Gasteiger partial charge in [0.2, 0.25) is 0 Å². The average molecular weight is 303 g/mol. The first-order valence-electron chi connectivity index (χ1n) is 7.30. The zero-order chi connectivity index (χ0) is 15.5. The van der Waals surface area contributed by atoms with E-state index in [2.05, 4.69) is 15.3 Å². The summed E-state index contributed by atoms with van der Waals surface area (Å²) in [6, 6.07) is 6.33. The summed E-state index contributed by atoms with van der Waals surface area (Å²) in [4.78, 5) is 18.9. The minimum atomic E-state index is -0.263. The molecule has 1 aromatic carbocycles. The van der Waals surface area contributed by atoms with Crippen molar-refractivity contribution >= 4 is 5.91 Å². The highest BCUT2D eigenvalue weighted by atomic mass is 19.1. The van der Waals surface area contributed by atoms with Crippen LogP contribution in [0.15, 0.2) is 30.5 Å². The van der Waals surface area contributed by atoms with Crippen LogP contribution in [0, 0.1) is 18.7 Å². The standard InChI is InChI=1S/C16H18FN3O2/c1-10-18-9-14(20-10)16(21)19-8-12-6-7-22-15(12)11-2-4-13(17)5-3-11/h2-5,9,12,15H,6-8H2,1H3,(H,18,20)(H,19,21)/t12-,15-/m0/s1. The molecule has 2 atom stereocenters. The number of aromatic nitrogens is 2. The predicted octanol–water partition coefficient (Wildman–Crippen LogP) is 2.36. The molecule has 2 aromatic rings. The summed E-state index contributed by atoms with van der Waals surface area (Å²) in [5.41, 5.74) is 1.39. The Bertz CT molecular complexity index is 654. The first kappa shape index (κ1) is 14.7. The molecule has 1 aliphatic heterocycles. The lowest BCUT2D eigenvalue weighted by Crippen LogP contribution is -2.30. The van der Waals surface area contributed by atoms with Gasteiger partial charge in [-0.05, 0) is 31.0 Å². The van der Waals surface area contributed by atoms with E-state index < -0.39 is 0 Å². The number of aromatic amines is 1. The largest absolute Gasteiger partial charge is 0.373 e. The third kappa shape index (κ3) is 3.17. The normalized spacial score (nSPS) is 21.0. The number of H-pyrrole nitrogens is 1. The number of amides is 1. The molecular weight excluding hydrogens is 285 g/mol. The summed E-state index contributed by atoms with van der Waals surface area (Å²) >= 11 is 0. The van der Waals surface area contributed by atoms with E-state index in [9.17, 15) is 9.18 Å². The maximum absolute atomic E-state index is 13.0. The number of carbonyl (C=O) groups is 1. The quantitative estimate of drug-likeness (QED) is 0.911. The fourth-order valence-electron chi connectivity index (χ4n) is 2.72. The van der Waals surface area contributed by atoms with Crippen LogP contribution in [0.1, 0.15) is 34.4 Å². The maximum atomic E-state index is 13.0. The van der Waals surface area contributed by atoms with Crippen LogP contribution in [0.2, 0.25) is 0 Å². The van der Waals surface area contributed by atoms with Gasteiger partial charge >= 0.3 is 0 Å². The van der Waals surface area contributed by atoms with Gasteiger partial charge in [0.15, 0.2) is 0 Å². The smallest absolute Gasteiger partial charge is 0.269 e. The number of rotatable bonds is 4. The Hall–Kier alpha value is -2.21. The molecule has 6 heteroatoms. The van der Waals surface area contributed by atoms with Crippen molar-refractivity contribution in [3.8, 4) is 0 Å². The van der Waals surface area contributed by atoms with E-state index in [0.717, 1.165) is 12.0 Å². The van der Waals surface area contributed by atoms with Crippen molar-refractivity contribution in [2.45, 2.75) is 19.4 Å². The van der Waals surface area contributed by atoms with Gasteiger partial charge < -0.3 is 15.0 Å². The third-order valence-corrected chi connectivity index (χ3v) is 3.89. The average Bonchev–Trinajstić information content (AvgIpc) is 3.14. The second-order valence-corrected chi connectivity index (χ2v) is 5.48. The topological polar surface area (TPSA) is 67.0 Å². The molecule has 5 nitrogen and oxygen atoms in total. The van der Waals surface area contributed by atoms with Gasteiger partial charge in [-0.3, -0.25) is 4.79 Å². The third-order valence-electron chi connectivity index (χ3n) is 3.89. The highest BCUT2D eigenvalue weighted by molar-refractivity contribution is 5.92. The Labute approximate surface area is 127 Å². The molecule has 0 spiro atoms. The van der Waals surface area contributed by atoms with Crippen LogP contribution in [-0.4, -0.2) is 29.0 Å². The molecule has 0 unspecified atom stereocenters. The van der Waals surface area contributed by atoms with E-state index in [4.69, 9.17) is 4.74 Å². The molecule has 0 radical (unpaired) electrons. The van der Waals surface area contributed by atoms with Gasteiger partial charge in [0.1, 0.15) is 17.3 Å². The Morgan fingerprint density at radius 2 is 2.23 bits per heavy atom. The lowest BCUT2D eigenvalue weighted by atomic mass is 9.95. The summed E-state index contributed by atoms with van der Waals surface area (Å²) in [5.74, 6) is 0.448.